The topological polar surface area (TPSA) is 89.3 Å². The van der Waals surface area contributed by atoms with Crippen LogP contribution >= 0.6 is 0 Å². The van der Waals surface area contributed by atoms with Crippen LogP contribution < -0.4 is 16.6 Å². The third-order valence-corrected chi connectivity index (χ3v) is 2.29. The van der Waals surface area contributed by atoms with Crippen LogP contribution in [-0.4, -0.2) is 30.6 Å². The van der Waals surface area contributed by atoms with Crippen LogP contribution in [0.3, 0.4) is 0 Å². The number of nitrogens with zero attached hydrogens (tertiary/aromatic N) is 1. The number of nitrogen functional groups attached to an aromatic ring is 1. The van der Waals surface area contributed by atoms with E-state index >= 15 is 0 Å². The Morgan fingerprint density at radius 2 is 2.41 bits per heavy atom. The van der Waals surface area contributed by atoms with Gasteiger partial charge < -0.3 is 15.5 Å². The lowest BCUT2D eigenvalue weighted by Crippen LogP contribution is -2.33. The van der Waals surface area contributed by atoms with Gasteiger partial charge in [-0.2, -0.15) is 0 Å². The molecule has 1 aromatic rings. The van der Waals surface area contributed by atoms with E-state index < -0.39 is 0 Å². The molecule has 0 aliphatic rings. The Hall–Kier alpha value is -1.66. The van der Waals surface area contributed by atoms with E-state index in [1.165, 1.54) is 6.20 Å². The largest absolute Gasteiger partial charge is 0.385 e. The minimum atomic E-state index is -0.217. The van der Waals surface area contributed by atoms with Crippen molar-refractivity contribution in [3.8, 4) is 0 Å². The third-order valence-electron chi connectivity index (χ3n) is 2.29. The van der Waals surface area contributed by atoms with Crippen molar-refractivity contribution in [2.45, 2.75) is 19.4 Å². The molecule has 0 aromatic carbocycles. The Morgan fingerprint density at radius 1 is 1.65 bits per heavy atom. The maximum absolute atomic E-state index is 11.8. The predicted octanol–water partition coefficient (Wildman–Crippen LogP) is 0.522. The summed E-state index contributed by atoms with van der Waals surface area (Å²) in [7, 11) is 1.63. The number of hydrazine groups is 1. The fourth-order valence-corrected chi connectivity index (χ4v) is 1.31. The van der Waals surface area contributed by atoms with Gasteiger partial charge in [0.05, 0.1) is 5.69 Å². The lowest BCUT2D eigenvalue weighted by atomic mass is 10.2. The highest BCUT2D eigenvalue weighted by atomic mass is 16.5. The van der Waals surface area contributed by atoms with E-state index in [0.717, 1.165) is 6.42 Å². The summed E-state index contributed by atoms with van der Waals surface area (Å²) < 4.78 is 4.94. The first-order valence-corrected chi connectivity index (χ1v) is 5.40. The van der Waals surface area contributed by atoms with Crippen molar-refractivity contribution < 1.29 is 9.53 Å². The molecule has 17 heavy (non-hydrogen) atoms. The number of carbonyl (C=O) groups is 1. The number of methoxy groups -OCH3 is 1. The number of pyridine rings is 1. The van der Waals surface area contributed by atoms with Crippen LogP contribution in [0.25, 0.3) is 0 Å². The van der Waals surface area contributed by atoms with Gasteiger partial charge in [0.25, 0.3) is 5.91 Å². The summed E-state index contributed by atoms with van der Waals surface area (Å²) in [6.45, 7) is 2.53. The first-order chi connectivity index (χ1) is 8.17. The van der Waals surface area contributed by atoms with Gasteiger partial charge in [0.2, 0.25) is 0 Å². The average molecular weight is 238 g/mol. The molecule has 4 N–H and O–H groups in total. The van der Waals surface area contributed by atoms with Gasteiger partial charge in [0.15, 0.2) is 0 Å². The number of hydrogen-bond acceptors (Lipinski definition) is 5. The number of carbonyl (C=O) groups excluding carboxylic acids is 1. The SMILES string of the molecule is COCCC(C)NC(=O)c1cc(NN)ccn1. The Morgan fingerprint density at radius 3 is 3.06 bits per heavy atom. The lowest BCUT2D eigenvalue weighted by molar-refractivity contribution is 0.0924. The number of hydrogen-bond donors (Lipinski definition) is 3. The van der Waals surface area contributed by atoms with Crippen molar-refractivity contribution >= 4 is 11.6 Å². The molecule has 6 nitrogen and oxygen atoms in total. The Bertz CT molecular complexity index is 370. The molecule has 94 valence electrons. The van der Waals surface area contributed by atoms with Crippen LogP contribution in [0.2, 0.25) is 0 Å². The van der Waals surface area contributed by atoms with Gasteiger partial charge in [0, 0.05) is 26.0 Å². The number of amides is 1. The standard InChI is InChI=1S/C11H18N4O2/c1-8(4-6-17-2)14-11(16)10-7-9(15-12)3-5-13-10/h3,5,7-8H,4,6,12H2,1-2H3,(H,13,15)(H,14,16). The minimum Gasteiger partial charge on any atom is -0.385 e. The maximum atomic E-state index is 11.8. The molecule has 1 unspecified atom stereocenters. The summed E-state index contributed by atoms with van der Waals surface area (Å²) in [5, 5.41) is 2.83. The highest BCUT2D eigenvalue weighted by Crippen LogP contribution is 2.06. The van der Waals surface area contributed by atoms with Crippen molar-refractivity contribution in [2.24, 2.45) is 5.84 Å². The molecule has 0 saturated carbocycles. The molecule has 1 atom stereocenters. The van der Waals surface area contributed by atoms with Crippen LogP contribution in [0.15, 0.2) is 18.3 Å². The summed E-state index contributed by atoms with van der Waals surface area (Å²) in [4.78, 5) is 15.8. The smallest absolute Gasteiger partial charge is 0.270 e. The van der Waals surface area contributed by atoms with E-state index in [4.69, 9.17) is 10.6 Å². The van der Waals surface area contributed by atoms with Crippen molar-refractivity contribution in [3.05, 3.63) is 24.0 Å². The summed E-state index contributed by atoms with van der Waals surface area (Å²) in [5.74, 6) is 5.04. The van der Waals surface area contributed by atoms with Crippen molar-refractivity contribution in [1.82, 2.24) is 10.3 Å². The van der Waals surface area contributed by atoms with Crippen LogP contribution in [-0.2, 0) is 4.74 Å². The van der Waals surface area contributed by atoms with Gasteiger partial charge in [-0.05, 0) is 25.5 Å². The molecule has 0 aliphatic carbocycles. The molecule has 1 aromatic heterocycles. The van der Waals surface area contributed by atoms with Crippen molar-refractivity contribution in [2.75, 3.05) is 19.1 Å². The van der Waals surface area contributed by atoms with E-state index in [9.17, 15) is 4.79 Å². The Kier molecular flexibility index (Phi) is 5.38. The van der Waals surface area contributed by atoms with Crippen molar-refractivity contribution in [1.29, 1.82) is 0 Å². The summed E-state index contributed by atoms with van der Waals surface area (Å²) in [5.41, 5.74) is 3.46. The Balaban J connectivity index is 2.56. The number of nitrogens with one attached hydrogen (secondary N) is 2. The van der Waals surface area contributed by atoms with Gasteiger partial charge in [-0.3, -0.25) is 15.6 Å². The fraction of sp³-hybridized carbons (Fsp3) is 0.455. The number of rotatable bonds is 6. The molecule has 0 aliphatic heterocycles. The second kappa shape index (κ2) is 6.82. The van der Waals surface area contributed by atoms with Crippen LogP contribution in [0, 0.1) is 0 Å². The van der Waals surface area contributed by atoms with Gasteiger partial charge >= 0.3 is 0 Å². The van der Waals surface area contributed by atoms with Gasteiger partial charge in [-0.15, -0.1) is 0 Å². The Labute approximate surface area is 101 Å². The zero-order valence-electron chi connectivity index (χ0n) is 10.1. The zero-order valence-corrected chi connectivity index (χ0v) is 10.1. The number of ether oxygens (including phenoxy) is 1. The first kappa shape index (κ1) is 13.4. The summed E-state index contributed by atoms with van der Waals surface area (Å²) in [6, 6.07) is 3.32. The monoisotopic (exact) mass is 238 g/mol. The van der Waals surface area contributed by atoms with E-state index in [2.05, 4.69) is 15.7 Å². The predicted molar refractivity (Wildman–Crippen MR) is 65.5 cm³/mol. The molecule has 1 amide bonds. The molecular weight excluding hydrogens is 220 g/mol. The van der Waals surface area contributed by atoms with E-state index in [1.54, 1.807) is 19.2 Å². The van der Waals surface area contributed by atoms with Crippen LogP contribution in [0.5, 0.6) is 0 Å². The highest BCUT2D eigenvalue weighted by molar-refractivity contribution is 5.93. The maximum Gasteiger partial charge on any atom is 0.270 e. The number of anilines is 1. The van der Waals surface area contributed by atoms with Gasteiger partial charge in [-0.25, -0.2) is 0 Å². The number of aromatic nitrogens is 1. The van der Waals surface area contributed by atoms with E-state index in [-0.39, 0.29) is 11.9 Å². The van der Waals surface area contributed by atoms with Crippen molar-refractivity contribution in [3.63, 3.8) is 0 Å². The molecule has 0 saturated heterocycles. The normalized spacial score (nSPS) is 11.9. The molecule has 1 rings (SSSR count). The summed E-state index contributed by atoms with van der Waals surface area (Å²) in [6.07, 6.45) is 2.29. The minimum absolute atomic E-state index is 0.0405. The third kappa shape index (κ3) is 4.38. The molecule has 6 heteroatoms. The first-order valence-electron chi connectivity index (χ1n) is 5.40. The second-order valence-electron chi connectivity index (χ2n) is 3.73. The zero-order chi connectivity index (χ0) is 12.7. The second-order valence-corrected chi connectivity index (χ2v) is 3.73. The van der Waals surface area contributed by atoms with E-state index in [1.807, 2.05) is 6.92 Å². The van der Waals surface area contributed by atoms with Crippen LogP contribution in [0.4, 0.5) is 5.69 Å². The lowest BCUT2D eigenvalue weighted by Gasteiger charge is -2.13. The number of nitrogens with two attached hydrogens (primary N) is 1. The molecule has 0 spiro atoms. The fourth-order valence-electron chi connectivity index (χ4n) is 1.31. The molecule has 0 fully saturated rings. The van der Waals surface area contributed by atoms with Crippen LogP contribution in [0.1, 0.15) is 23.8 Å². The van der Waals surface area contributed by atoms with Gasteiger partial charge in [0.1, 0.15) is 5.69 Å². The summed E-state index contributed by atoms with van der Waals surface area (Å²) >= 11 is 0. The quantitative estimate of drug-likeness (QED) is 0.496. The molecular formula is C11H18N4O2. The van der Waals surface area contributed by atoms with Gasteiger partial charge in [-0.1, -0.05) is 0 Å². The highest BCUT2D eigenvalue weighted by Gasteiger charge is 2.11. The molecule has 0 radical (unpaired) electrons. The molecule has 0 bridgehead atoms. The average Bonchev–Trinajstić information content (AvgIpc) is 2.36. The van der Waals surface area contributed by atoms with E-state index in [0.29, 0.717) is 18.0 Å². The molecule has 1 heterocycles.